The van der Waals surface area contributed by atoms with Gasteiger partial charge in [-0.1, -0.05) is 20.8 Å². The lowest BCUT2D eigenvalue weighted by molar-refractivity contribution is -0.127. The molecule has 1 aliphatic heterocycles. The Morgan fingerprint density at radius 3 is 2.05 bits per heavy atom. The van der Waals surface area contributed by atoms with E-state index >= 15 is 0 Å². The number of piperazine rings is 1. The molecular formula is C14H27N3O2. The predicted molar refractivity (Wildman–Crippen MR) is 76.1 cm³/mol. The van der Waals surface area contributed by atoms with Crippen molar-refractivity contribution in [2.45, 2.75) is 40.7 Å². The van der Waals surface area contributed by atoms with Crippen LogP contribution in [-0.4, -0.2) is 60.4 Å². The second kappa shape index (κ2) is 6.37. The van der Waals surface area contributed by atoms with Crippen molar-refractivity contribution in [2.75, 3.05) is 32.7 Å². The highest BCUT2D eigenvalue weighted by molar-refractivity contribution is 5.85. The largest absolute Gasteiger partial charge is 0.336 e. The summed E-state index contributed by atoms with van der Waals surface area (Å²) in [5, 5.41) is 2.89. The SMILES string of the molecule is CC(C)NC(=O)N1CCN(CC(=O)C(C)(C)C)CC1. The molecule has 0 saturated carbocycles. The molecule has 0 unspecified atom stereocenters. The molecule has 1 fully saturated rings. The van der Waals surface area contributed by atoms with Gasteiger partial charge in [0.25, 0.3) is 0 Å². The Kier molecular flexibility index (Phi) is 5.35. The number of nitrogens with one attached hydrogen (secondary N) is 1. The number of hydrogen-bond donors (Lipinski definition) is 1. The molecular weight excluding hydrogens is 242 g/mol. The van der Waals surface area contributed by atoms with Crippen LogP contribution >= 0.6 is 0 Å². The minimum absolute atomic E-state index is 0.00296. The van der Waals surface area contributed by atoms with Crippen molar-refractivity contribution in [1.29, 1.82) is 0 Å². The summed E-state index contributed by atoms with van der Waals surface area (Å²) in [4.78, 5) is 27.7. The van der Waals surface area contributed by atoms with Gasteiger partial charge in [0.05, 0.1) is 6.54 Å². The molecule has 19 heavy (non-hydrogen) atoms. The molecule has 2 amide bonds. The smallest absolute Gasteiger partial charge is 0.317 e. The van der Waals surface area contributed by atoms with E-state index in [9.17, 15) is 9.59 Å². The van der Waals surface area contributed by atoms with Gasteiger partial charge < -0.3 is 10.2 Å². The highest BCUT2D eigenvalue weighted by Gasteiger charge is 2.26. The summed E-state index contributed by atoms with van der Waals surface area (Å²) in [5.74, 6) is 0.257. The topological polar surface area (TPSA) is 52.7 Å². The van der Waals surface area contributed by atoms with Crippen molar-refractivity contribution in [3.63, 3.8) is 0 Å². The lowest BCUT2D eigenvalue weighted by Gasteiger charge is -2.35. The summed E-state index contributed by atoms with van der Waals surface area (Å²) in [7, 11) is 0. The third-order valence-electron chi connectivity index (χ3n) is 3.28. The van der Waals surface area contributed by atoms with E-state index in [0.717, 1.165) is 13.1 Å². The highest BCUT2D eigenvalue weighted by Crippen LogP contribution is 2.15. The molecule has 0 aromatic carbocycles. The van der Waals surface area contributed by atoms with Gasteiger partial charge in [0, 0.05) is 37.6 Å². The molecule has 0 radical (unpaired) electrons. The number of Topliss-reactive ketones (excluding diaryl/α,β-unsaturated/α-hetero) is 1. The zero-order valence-electron chi connectivity index (χ0n) is 12.8. The molecule has 5 nitrogen and oxygen atoms in total. The summed E-state index contributed by atoms with van der Waals surface area (Å²) >= 11 is 0. The van der Waals surface area contributed by atoms with Gasteiger partial charge in [-0.25, -0.2) is 4.79 Å². The van der Waals surface area contributed by atoms with Gasteiger partial charge in [-0.2, -0.15) is 0 Å². The fourth-order valence-electron chi connectivity index (χ4n) is 1.89. The molecule has 0 spiro atoms. The van der Waals surface area contributed by atoms with E-state index in [-0.39, 0.29) is 23.3 Å². The number of nitrogens with zero attached hydrogens (tertiary/aromatic N) is 2. The van der Waals surface area contributed by atoms with Gasteiger partial charge >= 0.3 is 6.03 Å². The first-order valence-corrected chi connectivity index (χ1v) is 7.01. The van der Waals surface area contributed by atoms with E-state index in [1.165, 1.54) is 0 Å². The number of hydrogen-bond acceptors (Lipinski definition) is 3. The molecule has 0 aromatic heterocycles. The fraction of sp³-hybridized carbons (Fsp3) is 0.857. The maximum Gasteiger partial charge on any atom is 0.317 e. The first-order valence-electron chi connectivity index (χ1n) is 7.01. The van der Waals surface area contributed by atoms with Crippen LogP contribution in [0.2, 0.25) is 0 Å². The summed E-state index contributed by atoms with van der Waals surface area (Å²) < 4.78 is 0. The zero-order valence-corrected chi connectivity index (χ0v) is 12.8. The maximum absolute atomic E-state index is 12.0. The monoisotopic (exact) mass is 269 g/mol. The lowest BCUT2D eigenvalue weighted by atomic mass is 9.90. The standard InChI is InChI=1S/C14H27N3O2/c1-11(2)15-13(19)17-8-6-16(7-9-17)10-12(18)14(3,4)5/h11H,6-10H2,1-5H3,(H,15,19). The van der Waals surface area contributed by atoms with E-state index < -0.39 is 0 Å². The molecule has 0 atom stereocenters. The molecule has 1 N–H and O–H groups in total. The average molecular weight is 269 g/mol. The van der Waals surface area contributed by atoms with Gasteiger partial charge in [-0.05, 0) is 13.8 Å². The summed E-state index contributed by atoms with van der Waals surface area (Å²) in [6, 6.07) is 0.157. The highest BCUT2D eigenvalue weighted by atomic mass is 16.2. The second-order valence-corrected chi connectivity index (χ2v) is 6.54. The molecule has 0 aliphatic carbocycles. The first kappa shape index (κ1) is 16.0. The third kappa shape index (κ3) is 5.19. The van der Waals surface area contributed by atoms with Crippen molar-refractivity contribution in [3.8, 4) is 0 Å². The van der Waals surface area contributed by atoms with E-state index in [0.29, 0.717) is 19.6 Å². The molecule has 0 aromatic rings. The van der Waals surface area contributed by atoms with Crippen LogP contribution in [0.4, 0.5) is 4.79 Å². The minimum atomic E-state index is -0.286. The molecule has 0 bridgehead atoms. The van der Waals surface area contributed by atoms with E-state index in [1.807, 2.05) is 39.5 Å². The van der Waals surface area contributed by atoms with E-state index in [2.05, 4.69) is 10.2 Å². The number of ketones is 1. The van der Waals surface area contributed by atoms with Crippen LogP contribution in [-0.2, 0) is 4.79 Å². The van der Waals surface area contributed by atoms with Crippen LogP contribution in [0.1, 0.15) is 34.6 Å². The van der Waals surface area contributed by atoms with E-state index in [4.69, 9.17) is 0 Å². The summed E-state index contributed by atoms with van der Waals surface area (Å²) in [6.07, 6.45) is 0. The Morgan fingerprint density at radius 2 is 1.63 bits per heavy atom. The van der Waals surface area contributed by atoms with E-state index in [1.54, 1.807) is 0 Å². The Morgan fingerprint density at radius 1 is 1.11 bits per heavy atom. The van der Waals surface area contributed by atoms with Crippen LogP contribution < -0.4 is 5.32 Å². The Labute approximate surface area is 116 Å². The molecule has 1 heterocycles. The van der Waals surface area contributed by atoms with Gasteiger partial charge in [-0.15, -0.1) is 0 Å². The van der Waals surface area contributed by atoms with Crippen LogP contribution in [0, 0.1) is 5.41 Å². The minimum Gasteiger partial charge on any atom is -0.336 e. The van der Waals surface area contributed by atoms with Crippen LogP contribution in [0.15, 0.2) is 0 Å². The molecule has 1 aliphatic rings. The number of urea groups is 1. The molecule has 1 rings (SSSR count). The quantitative estimate of drug-likeness (QED) is 0.841. The normalized spacial score (nSPS) is 17.7. The summed E-state index contributed by atoms with van der Waals surface area (Å²) in [6.45, 7) is 13.2. The molecule has 5 heteroatoms. The van der Waals surface area contributed by atoms with Crippen LogP contribution in [0.3, 0.4) is 0 Å². The van der Waals surface area contributed by atoms with Crippen LogP contribution in [0.25, 0.3) is 0 Å². The number of amides is 2. The maximum atomic E-state index is 12.0. The number of carbonyl (C=O) groups is 2. The van der Waals surface area contributed by atoms with Gasteiger partial charge in [-0.3, -0.25) is 9.69 Å². The average Bonchev–Trinajstić information content (AvgIpc) is 2.27. The van der Waals surface area contributed by atoms with Gasteiger partial charge in [0.2, 0.25) is 0 Å². The van der Waals surface area contributed by atoms with Crippen molar-refractivity contribution in [2.24, 2.45) is 5.41 Å². The Bertz CT molecular complexity index is 326. The van der Waals surface area contributed by atoms with Gasteiger partial charge in [0.15, 0.2) is 5.78 Å². The van der Waals surface area contributed by atoms with Crippen molar-refractivity contribution < 1.29 is 9.59 Å². The van der Waals surface area contributed by atoms with Crippen LogP contribution in [0.5, 0.6) is 0 Å². The van der Waals surface area contributed by atoms with Crippen molar-refractivity contribution in [1.82, 2.24) is 15.1 Å². The third-order valence-corrected chi connectivity index (χ3v) is 3.28. The zero-order chi connectivity index (χ0) is 14.6. The van der Waals surface area contributed by atoms with Gasteiger partial charge in [0.1, 0.15) is 0 Å². The fourth-order valence-corrected chi connectivity index (χ4v) is 1.89. The second-order valence-electron chi connectivity index (χ2n) is 6.54. The first-order chi connectivity index (χ1) is 8.70. The lowest BCUT2D eigenvalue weighted by Crippen LogP contribution is -2.54. The Hall–Kier alpha value is -1.10. The molecule has 1 saturated heterocycles. The number of rotatable bonds is 3. The van der Waals surface area contributed by atoms with Crippen molar-refractivity contribution in [3.05, 3.63) is 0 Å². The van der Waals surface area contributed by atoms with Crippen molar-refractivity contribution >= 4 is 11.8 Å². The molecule has 110 valence electrons. The summed E-state index contributed by atoms with van der Waals surface area (Å²) in [5.41, 5.74) is -0.286. The number of carbonyl (C=O) groups excluding carboxylic acids is 2. The predicted octanol–water partition coefficient (Wildman–Crippen LogP) is 1.34. The Balaban J connectivity index is 2.37.